The predicted molar refractivity (Wildman–Crippen MR) is 101 cm³/mol. The van der Waals surface area contributed by atoms with Crippen LogP contribution in [0.4, 0.5) is 13.2 Å². The highest BCUT2D eigenvalue weighted by atomic mass is 19.4. The predicted octanol–water partition coefficient (Wildman–Crippen LogP) is 3.09. The topological polar surface area (TPSA) is 48.9 Å². The summed E-state index contributed by atoms with van der Waals surface area (Å²) >= 11 is 0. The van der Waals surface area contributed by atoms with Crippen molar-refractivity contribution < 1.29 is 17.9 Å². The van der Waals surface area contributed by atoms with E-state index < -0.39 is 12.8 Å². The van der Waals surface area contributed by atoms with E-state index in [-0.39, 0.29) is 5.75 Å². The Hall–Kier alpha value is -1.96. The maximum absolute atomic E-state index is 12.5. The average molecular weight is 386 g/mol. The highest BCUT2D eigenvalue weighted by Crippen LogP contribution is 2.23. The zero-order chi connectivity index (χ0) is 19.7. The number of nitrogens with one attached hydrogen (secondary N) is 2. The molecule has 1 aromatic rings. The summed E-state index contributed by atoms with van der Waals surface area (Å²) in [5.41, 5.74) is 1.50. The molecular weight excluding hydrogens is 357 g/mol. The normalized spacial score (nSPS) is 16.3. The third-order valence-electron chi connectivity index (χ3n) is 4.45. The van der Waals surface area contributed by atoms with Gasteiger partial charge in [0.1, 0.15) is 5.75 Å². The van der Waals surface area contributed by atoms with Gasteiger partial charge in [0, 0.05) is 32.2 Å². The molecule has 1 aromatic carbocycles. The van der Waals surface area contributed by atoms with Crippen molar-refractivity contribution in [1.29, 1.82) is 0 Å². The molecule has 0 bridgehead atoms. The molecule has 1 aliphatic heterocycles. The summed E-state index contributed by atoms with van der Waals surface area (Å²) in [6.07, 6.45) is -0.550. The number of halogens is 3. The lowest BCUT2D eigenvalue weighted by molar-refractivity contribution is -0.153. The summed E-state index contributed by atoms with van der Waals surface area (Å²) in [5.74, 6) is 0.859. The maximum Gasteiger partial charge on any atom is 0.422 e. The zero-order valence-electron chi connectivity index (χ0n) is 16.0. The van der Waals surface area contributed by atoms with Crippen LogP contribution in [0.25, 0.3) is 0 Å². The highest BCUT2D eigenvalue weighted by molar-refractivity contribution is 5.79. The lowest BCUT2D eigenvalue weighted by Gasteiger charge is -2.26. The van der Waals surface area contributed by atoms with E-state index >= 15 is 0 Å². The van der Waals surface area contributed by atoms with Gasteiger partial charge in [-0.2, -0.15) is 13.2 Å². The molecule has 0 aromatic heterocycles. The third-order valence-corrected chi connectivity index (χ3v) is 4.45. The van der Waals surface area contributed by atoms with Crippen LogP contribution in [0.3, 0.4) is 0 Å². The minimum absolute atomic E-state index is 0.239. The van der Waals surface area contributed by atoms with E-state index in [2.05, 4.69) is 20.5 Å². The van der Waals surface area contributed by atoms with Gasteiger partial charge in [0.05, 0.1) is 0 Å². The van der Waals surface area contributed by atoms with E-state index in [4.69, 9.17) is 4.74 Å². The summed E-state index contributed by atoms with van der Waals surface area (Å²) in [6, 6.07) is 5.24. The lowest BCUT2D eigenvalue weighted by Crippen LogP contribution is -2.42. The number of aryl methyl sites for hydroxylation is 1. The molecule has 27 heavy (non-hydrogen) atoms. The Kier molecular flexibility index (Phi) is 8.22. The van der Waals surface area contributed by atoms with Crippen molar-refractivity contribution in [3.05, 3.63) is 29.3 Å². The first-order valence-corrected chi connectivity index (χ1v) is 9.33. The molecule has 0 aliphatic carbocycles. The number of piperidine rings is 1. The van der Waals surface area contributed by atoms with Crippen molar-refractivity contribution in [2.75, 3.05) is 39.8 Å². The summed E-state index contributed by atoms with van der Waals surface area (Å²) in [7, 11) is 1.67. The van der Waals surface area contributed by atoms with Crippen molar-refractivity contribution in [2.45, 2.75) is 38.9 Å². The second-order valence-electron chi connectivity index (χ2n) is 6.77. The van der Waals surface area contributed by atoms with Gasteiger partial charge in [-0.3, -0.25) is 4.99 Å². The molecule has 0 atom stereocenters. The maximum atomic E-state index is 12.5. The Morgan fingerprint density at radius 1 is 1.19 bits per heavy atom. The van der Waals surface area contributed by atoms with Gasteiger partial charge in [-0.05, 0) is 44.5 Å². The quantitative estimate of drug-likeness (QED) is 0.559. The van der Waals surface area contributed by atoms with Gasteiger partial charge in [-0.15, -0.1) is 0 Å². The van der Waals surface area contributed by atoms with Gasteiger partial charge >= 0.3 is 6.18 Å². The van der Waals surface area contributed by atoms with Crippen LogP contribution in [0.2, 0.25) is 0 Å². The number of rotatable bonds is 7. The molecule has 0 saturated carbocycles. The van der Waals surface area contributed by atoms with Crippen LogP contribution >= 0.6 is 0 Å². The van der Waals surface area contributed by atoms with Crippen LogP contribution in [0.5, 0.6) is 5.75 Å². The van der Waals surface area contributed by atoms with E-state index in [1.807, 2.05) is 13.0 Å². The Bertz CT molecular complexity index is 613. The second kappa shape index (κ2) is 10.4. The van der Waals surface area contributed by atoms with E-state index in [0.29, 0.717) is 18.1 Å². The van der Waals surface area contributed by atoms with Crippen LogP contribution in [0.1, 0.15) is 30.4 Å². The number of alkyl halides is 3. The van der Waals surface area contributed by atoms with Crippen LogP contribution in [0, 0.1) is 6.92 Å². The standard InChI is InChI=1S/C19H29F3N4O/c1-15-6-7-16(17(12-15)27-14-19(20,21)22)13-25-18(23-2)24-8-11-26-9-4-3-5-10-26/h6-7,12H,3-5,8-11,13-14H2,1-2H3,(H2,23,24,25). The monoisotopic (exact) mass is 386 g/mol. The summed E-state index contributed by atoms with van der Waals surface area (Å²) in [4.78, 5) is 6.60. The van der Waals surface area contributed by atoms with E-state index in [9.17, 15) is 13.2 Å². The van der Waals surface area contributed by atoms with Crippen LogP contribution in [0.15, 0.2) is 23.2 Å². The fourth-order valence-corrected chi connectivity index (χ4v) is 3.02. The minimum atomic E-state index is -4.36. The average Bonchev–Trinajstić information content (AvgIpc) is 2.64. The van der Waals surface area contributed by atoms with Crippen molar-refractivity contribution in [2.24, 2.45) is 4.99 Å². The molecule has 5 nitrogen and oxygen atoms in total. The van der Waals surface area contributed by atoms with Crippen LogP contribution in [-0.2, 0) is 6.54 Å². The SMILES string of the molecule is CN=C(NCCN1CCCCC1)NCc1ccc(C)cc1OCC(F)(F)F. The number of benzene rings is 1. The minimum Gasteiger partial charge on any atom is -0.484 e. The highest BCUT2D eigenvalue weighted by Gasteiger charge is 2.28. The van der Waals surface area contributed by atoms with E-state index in [0.717, 1.165) is 31.7 Å². The Labute approximate surface area is 159 Å². The molecule has 2 N–H and O–H groups in total. The fraction of sp³-hybridized carbons (Fsp3) is 0.632. The Morgan fingerprint density at radius 2 is 1.93 bits per heavy atom. The number of aliphatic imine (C=N–C) groups is 1. The van der Waals surface area contributed by atoms with Gasteiger partial charge in [0.25, 0.3) is 0 Å². The molecule has 152 valence electrons. The van der Waals surface area contributed by atoms with Crippen LogP contribution in [-0.4, -0.2) is 56.9 Å². The Balaban J connectivity index is 1.84. The molecule has 1 fully saturated rings. The first-order valence-electron chi connectivity index (χ1n) is 9.33. The molecule has 0 spiro atoms. The van der Waals surface area contributed by atoms with Crippen LogP contribution < -0.4 is 15.4 Å². The number of ether oxygens (including phenoxy) is 1. The first kappa shape index (κ1) is 21.3. The second-order valence-corrected chi connectivity index (χ2v) is 6.77. The number of guanidine groups is 1. The molecule has 1 heterocycles. The zero-order valence-corrected chi connectivity index (χ0v) is 16.0. The van der Waals surface area contributed by atoms with Gasteiger partial charge < -0.3 is 20.3 Å². The van der Waals surface area contributed by atoms with Gasteiger partial charge in [0.15, 0.2) is 12.6 Å². The number of nitrogens with zero attached hydrogens (tertiary/aromatic N) is 2. The Morgan fingerprint density at radius 3 is 2.59 bits per heavy atom. The van der Waals surface area contributed by atoms with Crippen molar-refractivity contribution in [3.63, 3.8) is 0 Å². The molecule has 0 unspecified atom stereocenters. The number of hydrogen-bond donors (Lipinski definition) is 2. The lowest BCUT2D eigenvalue weighted by atomic mass is 10.1. The molecule has 0 amide bonds. The van der Waals surface area contributed by atoms with Crippen molar-refractivity contribution in [1.82, 2.24) is 15.5 Å². The molecule has 8 heteroatoms. The molecule has 0 radical (unpaired) electrons. The van der Waals surface area contributed by atoms with Gasteiger partial charge in [-0.1, -0.05) is 18.6 Å². The van der Waals surface area contributed by atoms with Gasteiger partial charge in [-0.25, -0.2) is 0 Å². The molecule has 2 rings (SSSR count). The summed E-state index contributed by atoms with van der Waals surface area (Å²) in [6.45, 7) is 4.84. The van der Waals surface area contributed by atoms with Crippen molar-refractivity contribution in [3.8, 4) is 5.75 Å². The fourth-order valence-electron chi connectivity index (χ4n) is 3.02. The van der Waals surface area contributed by atoms with E-state index in [1.165, 1.54) is 19.3 Å². The first-order chi connectivity index (χ1) is 12.9. The van der Waals surface area contributed by atoms with E-state index in [1.54, 1.807) is 19.2 Å². The number of hydrogen-bond acceptors (Lipinski definition) is 3. The molecule has 1 saturated heterocycles. The summed E-state index contributed by atoms with van der Waals surface area (Å²) in [5, 5.41) is 6.39. The molecule has 1 aliphatic rings. The third kappa shape index (κ3) is 8.07. The largest absolute Gasteiger partial charge is 0.484 e. The van der Waals surface area contributed by atoms with Gasteiger partial charge in [0.2, 0.25) is 0 Å². The summed E-state index contributed by atoms with van der Waals surface area (Å²) < 4.78 is 42.4. The smallest absolute Gasteiger partial charge is 0.422 e. The van der Waals surface area contributed by atoms with Crippen molar-refractivity contribution >= 4 is 5.96 Å². The number of likely N-dealkylation sites (tertiary alicyclic amines) is 1. The molecular formula is C19H29F3N4O.